The van der Waals surface area contributed by atoms with Gasteiger partial charge in [-0.1, -0.05) is 32.6 Å². The third kappa shape index (κ3) is 5.46. The Morgan fingerprint density at radius 1 is 1.11 bits per heavy atom. The number of amides is 3. The van der Waals surface area contributed by atoms with Crippen molar-refractivity contribution in [3.63, 3.8) is 0 Å². The van der Waals surface area contributed by atoms with Crippen molar-refractivity contribution in [2.45, 2.75) is 88.3 Å². The number of rotatable bonds is 8. The standard InChI is InChI=1S/C26H38N4O5/c1-2-3-15-30-23(32)21(18-25(34)11-5-4-6-12-25)28-24(33)26(30)13-16-29(17-14-26)35-20-9-7-19(8-10-20)22(27)31/h7-10,21,34H,2-6,11-18H2,1H3,(H2,27,31)(H,28,33)/t21-/m1/s1. The number of primary amides is 1. The first-order valence-electron chi connectivity index (χ1n) is 12.9. The van der Waals surface area contributed by atoms with Crippen molar-refractivity contribution >= 4 is 17.7 Å². The predicted molar refractivity (Wildman–Crippen MR) is 130 cm³/mol. The van der Waals surface area contributed by atoms with Crippen LogP contribution in [-0.4, -0.2) is 69.6 Å². The van der Waals surface area contributed by atoms with Crippen LogP contribution in [0.15, 0.2) is 24.3 Å². The summed E-state index contributed by atoms with van der Waals surface area (Å²) in [6.45, 7) is 3.57. The topological polar surface area (TPSA) is 125 Å². The van der Waals surface area contributed by atoms with E-state index in [1.807, 2.05) is 0 Å². The lowest BCUT2D eigenvalue weighted by atomic mass is 9.77. The normalized spacial score (nSPS) is 24.3. The van der Waals surface area contributed by atoms with E-state index < -0.39 is 23.1 Å². The van der Waals surface area contributed by atoms with Crippen LogP contribution < -0.4 is 15.9 Å². The lowest BCUT2D eigenvalue weighted by Gasteiger charge is -2.52. The third-order valence-electron chi connectivity index (χ3n) is 7.84. The average molecular weight is 487 g/mol. The molecule has 0 radical (unpaired) electrons. The molecule has 3 aliphatic rings. The first-order valence-corrected chi connectivity index (χ1v) is 12.9. The molecule has 1 saturated carbocycles. The summed E-state index contributed by atoms with van der Waals surface area (Å²) in [4.78, 5) is 46.2. The molecule has 192 valence electrons. The van der Waals surface area contributed by atoms with Gasteiger partial charge in [0, 0.05) is 31.6 Å². The number of piperazine rings is 1. The van der Waals surface area contributed by atoms with Crippen LogP contribution in [0.1, 0.15) is 81.5 Å². The summed E-state index contributed by atoms with van der Waals surface area (Å²) in [6.07, 6.45) is 7.33. The summed E-state index contributed by atoms with van der Waals surface area (Å²) < 4.78 is 0. The maximum Gasteiger partial charge on any atom is 0.248 e. The molecule has 9 heteroatoms. The highest BCUT2D eigenvalue weighted by Crippen LogP contribution is 2.37. The zero-order valence-corrected chi connectivity index (χ0v) is 20.6. The maximum atomic E-state index is 13.6. The summed E-state index contributed by atoms with van der Waals surface area (Å²) in [7, 11) is 0. The maximum absolute atomic E-state index is 13.6. The number of carbonyl (C=O) groups excluding carboxylic acids is 3. The summed E-state index contributed by atoms with van der Waals surface area (Å²) in [5.41, 5.74) is 3.93. The van der Waals surface area contributed by atoms with E-state index in [-0.39, 0.29) is 18.2 Å². The van der Waals surface area contributed by atoms with E-state index in [9.17, 15) is 19.5 Å². The Morgan fingerprint density at radius 3 is 2.37 bits per heavy atom. The molecule has 1 atom stereocenters. The number of carbonyl (C=O) groups is 3. The number of hydrogen-bond acceptors (Lipinski definition) is 6. The summed E-state index contributed by atoms with van der Waals surface area (Å²) in [6, 6.07) is 5.93. The van der Waals surface area contributed by atoms with E-state index in [1.54, 1.807) is 34.2 Å². The molecule has 3 amide bonds. The van der Waals surface area contributed by atoms with Gasteiger partial charge in [0.2, 0.25) is 17.7 Å². The van der Waals surface area contributed by atoms with Crippen LogP contribution in [0.5, 0.6) is 5.75 Å². The number of hydrogen-bond donors (Lipinski definition) is 3. The minimum Gasteiger partial charge on any atom is -0.406 e. The van der Waals surface area contributed by atoms with Gasteiger partial charge in [-0.3, -0.25) is 14.4 Å². The van der Waals surface area contributed by atoms with E-state index in [4.69, 9.17) is 10.6 Å². The van der Waals surface area contributed by atoms with Gasteiger partial charge < -0.3 is 25.9 Å². The molecular formula is C26H38N4O5. The number of benzene rings is 1. The average Bonchev–Trinajstić information content (AvgIpc) is 2.84. The first-order chi connectivity index (χ1) is 16.8. The van der Waals surface area contributed by atoms with E-state index >= 15 is 0 Å². The molecule has 2 heterocycles. The fourth-order valence-corrected chi connectivity index (χ4v) is 5.72. The Kier molecular flexibility index (Phi) is 7.66. The van der Waals surface area contributed by atoms with Crippen LogP contribution in [0.3, 0.4) is 0 Å². The van der Waals surface area contributed by atoms with Crippen LogP contribution in [0.25, 0.3) is 0 Å². The first kappa shape index (κ1) is 25.4. The Hall–Kier alpha value is -2.65. The zero-order valence-electron chi connectivity index (χ0n) is 20.6. The van der Waals surface area contributed by atoms with Gasteiger partial charge in [0.15, 0.2) is 0 Å². The molecule has 2 aliphatic heterocycles. The number of nitrogens with one attached hydrogen (secondary N) is 1. The molecule has 9 nitrogen and oxygen atoms in total. The highest BCUT2D eigenvalue weighted by molar-refractivity contribution is 6.00. The van der Waals surface area contributed by atoms with E-state index in [0.29, 0.717) is 56.6 Å². The molecule has 1 aliphatic carbocycles. The molecule has 3 fully saturated rings. The van der Waals surface area contributed by atoms with Crippen molar-refractivity contribution in [2.24, 2.45) is 5.73 Å². The van der Waals surface area contributed by atoms with Crippen LogP contribution in [0.2, 0.25) is 0 Å². The fraction of sp³-hybridized carbons (Fsp3) is 0.654. The number of unbranched alkanes of at least 4 members (excludes halogenated alkanes) is 1. The van der Waals surface area contributed by atoms with Crippen molar-refractivity contribution in [3.8, 4) is 5.75 Å². The monoisotopic (exact) mass is 486 g/mol. The van der Waals surface area contributed by atoms with Crippen molar-refractivity contribution in [3.05, 3.63) is 29.8 Å². The van der Waals surface area contributed by atoms with Crippen LogP contribution in [0.4, 0.5) is 0 Å². The van der Waals surface area contributed by atoms with Crippen molar-refractivity contribution < 1.29 is 24.3 Å². The molecule has 0 bridgehead atoms. The molecule has 0 unspecified atom stereocenters. The van der Waals surface area contributed by atoms with Gasteiger partial charge in [-0.05, 0) is 56.4 Å². The minimum absolute atomic E-state index is 0.0755. The van der Waals surface area contributed by atoms with E-state index in [2.05, 4.69) is 12.2 Å². The van der Waals surface area contributed by atoms with E-state index in [0.717, 1.165) is 32.1 Å². The van der Waals surface area contributed by atoms with Crippen molar-refractivity contribution in [1.29, 1.82) is 0 Å². The Labute approximate surface area is 206 Å². The molecule has 35 heavy (non-hydrogen) atoms. The van der Waals surface area contributed by atoms with Crippen molar-refractivity contribution in [1.82, 2.24) is 15.3 Å². The number of piperidine rings is 1. The number of nitrogens with two attached hydrogens (primary N) is 1. The minimum atomic E-state index is -0.895. The number of aliphatic hydroxyl groups is 1. The van der Waals surface area contributed by atoms with Crippen LogP contribution in [-0.2, 0) is 9.59 Å². The van der Waals surface area contributed by atoms with Gasteiger partial charge in [-0.15, -0.1) is 5.06 Å². The van der Waals surface area contributed by atoms with Crippen LogP contribution in [0, 0.1) is 0 Å². The van der Waals surface area contributed by atoms with Crippen LogP contribution >= 0.6 is 0 Å². The SMILES string of the molecule is CCCCN1C(=O)[C@@H](CC2(O)CCCCC2)NC(=O)C12CCN(Oc1ccc(C(N)=O)cc1)CC2. The van der Waals surface area contributed by atoms with Gasteiger partial charge in [-0.2, -0.15) is 0 Å². The van der Waals surface area contributed by atoms with Crippen molar-refractivity contribution in [2.75, 3.05) is 19.6 Å². The second-order valence-electron chi connectivity index (χ2n) is 10.3. The molecular weight excluding hydrogens is 448 g/mol. The summed E-state index contributed by atoms with van der Waals surface area (Å²) >= 11 is 0. The Balaban J connectivity index is 1.44. The van der Waals surface area contributed by atoms with Gasteiger partial charge in [0.25, 0.3) is 0 Å². The second-order valence-corrected chi connectivity index (χ2v) is 10.3. The highest BCUT2D eigenvalue weighted by atomic mass is 16.7. The molecule has 2 saturated heterocycles. The molecule has 0 aromatic heterocycles. The van der Waals surface area contributed by atoms with Gasteiger partial charge in [0.05, 0.1) is 5.60 Å². The second kappa shape index (κ2) is 10.5. The van der Waals surface area contributed by atoms with Gasteiger partial charge in [0.1, 0.15) is 17.3 Å². The molecule has 1 aromatic carbocycles. The number of nitrogens with zero attached hydrogens (tertiary/aromatic N) is 2. The van der Waals surface area contributed by atoms with Gasteiger partial charge >= 0.3 is 0 Å². The predicted octanol–water partition coefficient (Wildman–Crippen LogP) is 2.13. The van der Waals surface area contributed by atoms with E-state index in [1.165, 1.54) is 0 Å². The molecule has 1 aromatic rings. The molecule has 4 N–H and O–H groups in total. The Morgan fingerprint density at radius 2 is 1.77 bits per heavy atom. The smallest absolute Gasteiger partial charge is 0.248 e. The molecule has 1 spiro atoms. The third-order valence-corrected chi connectivity index (χ3v) is 7.84. The lowest BCUT2D eigenvalue weighted by molar-refractivity contribution is -0.170. The zero-order chi connectivity index (χ0) is 25.1. The highest BCUT2D eigenvalue weighted by Gasteiger charge is 2.54. The summed E-state index contributed by atoms with van der Waals surface area (Å²) in [5.74, 6) is -0.110. The Bertz CT molecular complexity index is 920. The number of hydroxylamine groups is 2. The molecule has 4 rings (SSSR count). The van der Waals surface area contributed by atoms with Gasteiger partial charge in [-0.25, -0.2) is 0 Å². The summed E-state index contributed by atoms with van der Waals surface area (Å²) in [5, 5.41) is 15.8. The lowest BCUT2D eigenvalue weighted by Crippen LogP contribution is -2.73. The fourth-order valence-electron chi connectivity index (χ4n) is 5.72. The quantitative estimate of drug-likeness (QED) is 0.517. The largest absolute Gasteiger partial charge is 0.406 e.